The van der Waals surface area contributed by atoms with Gasteiger partial charge in [-0.1, -0.05) is 15.9 Å². The fraction of sp³-hybridized carbons (Fsp3) is 0.583. The zero-order valence-electron chi connectivity index (χ0n) is 10.1. The first-order valence-corrected chi connectivity index (χ1v) is 8.61. The number of alkyl halides is 1. The lowest BCUT2D eigenvalue weighted by molar-refractivity contribution is 0.354. The number of aromatic nitrogens is 1. The molecule has 0 unspecified atom stereocenters. The van der Waals surface area contributed by atoms with Crippen LogP contribution in [0.3, 0.4) is 0 Å². The zero-order chi connectivity index (χ0) is 13.0. The number of hydrogen-bond donors (Lipinski definition) is 0. The van der Waals surface area contributed by atoms with Crippen LogP contribution in [0, 0.1) is 0 Å². The summed E-state index contributed by atoms with van der Waals surface area (Å²) < 4.78 is 25.9. The maximum absolute atomic E-state index is 12.2. The monoisotopic (exact) mass is 332 g/mol. The van der Waals surface area contributed by atoms with Crippen molar-refractivity contribution >= 4 is 26.0 Å². The van der Waals surface area contributed by atoms with Crippen molar-refractivity contribution in [2.24, 2.45) is 0 Å². The molecule has 0 saturated carbocycles. The summed E-state index contributed by atoms with van der Waals surface area (Å²) in [5.74, 6) is 0.184. The molecule has 1 aliphatic rings. The maximum Gasteiger partial charge on any atom is 0.214 e. The van der Waals surface area contributed by atoms with Gasteiger partial charge in [-0.05, 0) is 37.0 Å². The number of sulfonamides is 1. The van der Waals surface area contributed by atoms with E-state index in [9.17, 15) is 8.42 Å². The van der Waals surface area contributed by atoms with E-state index in [4.69, 9.17) is 0 Å². The Bertz CT molecular complexity index is 470. The standard InChI is InChI=1S/C12H17BrN2O2S/c13-12-3-8-15(9-4-12)18(16,17)10-5-11-1-6-14-7-2-11/h1-2,6-7,12H,3-5,8-10H2. The van der Waals surface area contributed by atoms with Crippen LogP contribution in [0.25, 0.3) is 0 Å². The van der Waals surface area contributed by atoms with E-state index in [1.807, 2.05) is 12.1 Å². The van der Waals surface area contributed by atoms with Gasteiger partial charge in [0.1, 0.15) is 0 Å². The van der Waals surface area contributed by atoms with Crippen LogP contribution in [0.15, 0.2) is 24.5 Å². The third-order valence-electron chi connectivity index (χ3n) is 3.17. The van der Waals surface area contributed by atoms with Crippen LogP contribution in [-0.2, 0) is 16.4 Å². The fourth-order valence-corrected chi connectivity index (χ4v) is 3.96. The van der Waals surface area contributed by atoms with Crippen LogP contribution in [0.2, 0.25) is 0 Å². The summed E-state index contributed by atoms with van der Waals surface area (Å²) in [6.45, 7) is 1.27. The fourth-order valence-electron chi connectivity index (χ4n) is 2.03. The van der Waals surface area contributed by atoms with Crippen molar-refractivity contribution in [1.29, 1.82) is 0 Å². The molecule has 100 valence electrons. The summed E-state index contributed by atoms with van der Waals surface area (Å²) in [4.78, 5) is 4.39. The Balaban J connectivity index is 1.91. The predicted octanol–water partition coefficient (Wildman–Crippen LogP) is 1.81. The molecular weight excluding hydrogens is 316 g/mol. The average molecular weight is 333 g/mol. The molecule has 0 atom stereocenters. The molecule has 0 aromatic carbocycles. The second-order valence-electron chi connectivity index (χ2n) is 4.50. The third kappa shape index (κ3) is 3.76. The van der Waals surface area contributed by atoms with E-state index in [1.165, 1.54) is 0 Å². The van der Waals surface area contributed by atoms with E-state index < -0.39 is 10.0 Å². The molecule has 0 amide bonds. The van der Waals surface area contributed by atoms with E-state index >= 15 is 0 Å². The molecule has 0 aliphatic carbocycles. The van der Waals surface area contributed by atoms with E-state index in [-0.39, 0.29) is 5.75 Å². The second-order valence-corrected chi connectivity index (χ2v) is 7.88. The zero-order valence-corrected chi connectivity index (χ0v) is 12.5. The van der Waals surface area contributed by atoms with Crippen LogP contribution >= 0.6 is 15.9 Å². The highest BCUT2D eigenvalue weighted by Gasteiger charge is 2.26. The number of nitrogens with zero attached hydrogens (tertiary/aromatic N) is 2. The molecule has 1 fully saturated rings. The van der Waals surface area contributed by atoms with E-state index in [2.05, 4.69) is 20.9 Å². The minimum absolute atomic E-state index is 0.184. The Morgan fingerprint density at radius 1 is 1.28 bits per heavy atom. The van der Waals surface area contributed by atoms with Gasteiger partial charge in [-0.25, -0.2) is 12.7 Å². The van der Waals surface area contributed by atoms with Gasteiger partial charge in [-0.15, -0.1) is 0 Å². The van der Waals surface area contributed by atoms with Gasteiger partial charge in [0.25, 0.3) is 0 Å². The van der Waals surface area contributed by atoms with Gasteiger partial charge in [0.05, 0.1) is 5.75 Å². The van der Waals surface area contributed by atoms with Gasteiger partial charge in [0, 0.05) is 30.3 Å². The summed E-state index contributed by atoms with van der Waals surface area (Å²) in [7, 11) is -3.11. The first-order chi connectivity index (χ1) is 8.58. The molecule has 2 rings (SSSR count). The lowest BCUT2D eigenvalue weighted by Gasteiger charge is -2.28. The SMILES string of the molecule is O=S(=O)(CCc1ccncc1)N1CCC(Br)CC1. The van der Waals surface area contributed by atoms with E-state index in [0.717, 1.165) is 18.4 Å². The average Bonchev–Trinajstić information content (AvgIpc) is 2.38. The van der Waals surface area contributed by atoms with Gasteiger partial charge in [0.15, 0.2) is 0 Å². The topological polar surface area (TPSA) is 50.3 Å². The van der Waals surface area contributed by atoms with Crippen LogP contribution < -0.4 is 0 Å². The Labute approximate surface area is 117 Å². The molecule has 1 saturated heterocycles. The number of halogens is 1. The van der Waals surface area contributed by atoms with Crippen molar-refractivity contribution in [3.63, 3.8) is 0 Å². The van der Waals surface area contributed by atoms with Gasteiger partial charge < -0.3 is 0 Å². The number of aryl methyl sites for hydroxylation is 1. The van der Waals surface area contributed by atoms with Crippen LogP contribution in [0.1, 0.15) is 18.4 Å². The summed E-state index contributed by atoms with van der Waals surface area (Å²) in [6, 6.07) is 3.72. The minimum Gasteiger partial charge on any atom is -0.265 e. The van der Waals surface area contributed by atoms with Crippen molar-refractivity contribution in [1.82, 2.24) is 9.29 Å². The second kappa shape index (κ2) is 6.12. The van der Waals surface area contributed by atoms with Gasteiger partial charge in [-0.3, -0.25) is 4.98 Å². The summed E-state index contributed by atoms with van der Waals surface area (Å²) in [5.41, 5.74) is 1.02. The van der Waals surface area contributed by atoms with Crippen molar-refractivity contribution in [2.45, 2.75) is 24.1 Å². The Hall–Kier alpha value is -0.460. The minimum atomic E-state index is -3.11. The first-order valence-electron chi connectivity index (χ1n) is 6.09. The molecule has 2 heterocycles. The van der Waals surface area contributed by atoms with Crippen LogP contribution in [0.5, 0.6) is 0 Å². The highest BCUT2D eigenvalue weighted by Crippen LogP contribution is 2.20. The Morgan fingerprint density at radius 3 is 2.50 bits per heavy atom. The summed E-state index contributed by atoms with van der Waals surface area (Å²) in [6.07, 6.45) is 5.73. The van der Waals surface area contributed by atoms with Crippen LogP contribution in [-0.4, -0.2) is 41.4 Å². The molecule has 6 heteroatoms. The number of piperidine rings is 1. The summed E-state index contributed by atoms with van der Waals surface area (Å²) >= 11 is 3.53. The smallest absolute Gasteiger partial charge is 0.214 e. The van der Waals surface area contributed by atoms with Gasteiger partial charge >= 0.3 is 0 Å². The first kappa shape index (κ1) is 14.0. The van der Waals surface area contributed by atoms with Crippen molar-refractivity contribution in [3.05, 3.63) is 30.1 Å². The van der Waals surface area contributed by atoms with Crippen molar-refractivity contribution in [3.8, 4) is 0 Å². The number of hydrogen-bond acceptors (Lipinski definition) is 3. The number of rotatable bonds is 4. The normalized spacial score (nSPS) is 18.9. The maximum atomic E-state index is 12.2. The van der Waals surface area contributed by atoms with Gasteiger partial charge in [-0.2, -0.15) is 0 Å². The molecule has 4 nitrogen and oxygen atoms in total. The Kier molecular flexibility index (Phi) is 4.75. The third-order valence-corrected chi connectivity index (χ3v) is 5.96. The molecule has 0 bridgehead atoms. The Morgan fingerprint density at radius 2 is 1.89 bits per heavy atom. The molecule has 0 spiro atoms. The molecule has 0 radical (unpaired) electrons. The number of pyridine rings is 1. The van der Waals surface area contributed by atoms with Crippen molar-refractivity contribution < 1.29 is 8.42 Å². The van der Waals surface area contributed by atoms with Crippen molar-refractivity contribution in [2.75, 3.05) is 18.8 Å². The lowest BCUT2D eigenvalue weighted by Crippen LogP contribution is -2.40. The highest BCUT2D eigenvalue weighted by molar-refractivity contribution is 9.09. The summed E-state index contributed by atoms with van der Waals surface area (Å²) in [5, 5.41) is 0. The lowest BCUT2D eigenvalue weighted by atomic mass is 10.2. The molecular formula is C12H17BrN2O2S. The molecule has 1 aliphatic heterocycles. The quantitative estimate of drug-likeness (QED) is 0.790. The predicted molar refractivity (Wildman–Crippen MR) is 75.2 cm³/mol. The molecule has 1 aromatic heterocycles. The largest absolute Gasteiger partial charge is 0.265 e. The molecule has 18 heavy (non-hydrogen) atoms. The molecule has 1 aromatic rings. The van der Waals surface area contributed by atoms with Crippen LogP contribution in [0.4, 0.5) is 0 Å². The molecule has 0 N–H and O–H groups in total. The van der Waals surface area contributed by atoms with Gasteiger partial charge in [0.2, 0.25) is 10.0 Å². The van der Waals surface area contributed by atoms with E-state index in [1.54, 1.807) is 16.7 Å². The van der Waals surface area contributed by atoms with E-state index in [0.29, 0.717) is 24.3 Å². The highest BCUT2D eigenvalue weighted by atomic mass is 79.9.